The third-order valence-electron chi connectivity index (χ3n) is 1.25. The van der Waals surface area contributed by atoms with Gasteiger partial charge >= 0.3 is 18.0 Å². The van der Waals surface area contributed by atoms with E-state index < -0.39 is 18.0 Å². The molecule has 4 N–H and O–H groups in total. The van der Waals surface area contributed by atoms with Crippen molar-refractivity contribution in [3.05, 3.63) is 24.3 Å². The topological polar surface area (TPSA) is 153 Å². The number of amides is 1. The van der Waals surface area contributed by atoms with Gasteiger partial charge in [0.15, 0.2) is 0 Å². The highest BCUT2D eigenvalue weighted by atomic mass is 16.5. The van der Waals surface area contributed by atoms with Gasteiger partial charge < -0.3 is 25.4 Å². The lowest BCUT2D eigenvalue weighted by molar-refractivity contribution is -0.133. The second-order valence-electron chi connectivity index (χ2n) is 3.47. The zero-order valence-corrected chi connectivity index (χ0v) is 13.8. The Morgan fingerprint density at radius 1 is 1.00 bits per heavy atom. The molecule has 134 valence electrons. The van der Waals surface area contributed by atoms with Gasteiger partial charge in [-0.2, -0.15) is 0 Å². The Kier molecular flexibility index (Phi) is 26.4. The Labute approximate surface area is 135 Å². The zero-order valence-electron chi connectivity index (χ0n) is 13.8. The van der Waals surface area contributed by atoms with Gasteiger partial charge in [-0.05, 0) is 27.7 Å². The number of carboxylic acids is 2. The van der Waals surface area contributed by atoms with Crippen molar-refractivity contribution >= 4 is 24.5 Å². The van der Waals surface area contributed by atoms with Gasteiger partial charge in [-0.1, -0.05) is 13.2 Å². The number of carbonyl (C=O) groups excluding carboxylic acids is 2. The average molecular weight is 335 g/mol. The van der Waals surface area contributed by atoms with E-state index in [1.807, 2.05) is 0 Å². The number of carboxylic acid groups (broad SMARTS) is 2. The Hall–Kier alpha value is -2.84. The second kappa shape index (κ2) is 21.5. The molecule has 0 aliphatic heterocycles. The molecule has 0 saturated carbocycles. The van der Waals surface area contributed by atoms with Crippen molar-refractivity contribution in [1.82, 2.24) is 0 Å². The monoisotopic (exact) mass is 335 g/mol. The average Bonchev–Trinajstić information content (AvgIpc) is 2.41. The van der Waals surface area contributed by atoms with Crippen LogP contribution in [0.15, 0.2) is 24.3 Å². The predicted octanol–water partition coefficient (Wildman–Crippen LogP) is 1.58. The fourth-order valence-corrected chi connectivity index (χ4v) is 0.210. The van der Waals surface area contributed by atoms with Gasteiger partial charge in [-0.3, -0.25) is 4.79 Å². The summed E-state index contributed by atoms with van der Waals surface area (Å²) >= 11 is 0. The van der Waals surface area contributed by atoms with E-state index in [0.717, 1.165) is 0 Å². The molecule has 9 nitrogen and oxygen atoms in total. The molecular formula is C14H25NO8. The molecule has 0 radical (unpaired) electrons. The maximum Gasteiger partial charge on any atom is 0.404 e. The number of primary amides is 1. The second-order valence-corrected chi connectivity index (χ2v) is 3.47. The highest BCUT2D eigenvalue weighted by Gasteiger charge is 1.90. The lowest BCUT2D eigenvalue weighted by atomic mass is 10.4. The number of rotatable bonds is 5. The number of ether oxygens (including phenoxy) is 2. The molecule has 0 aromatic heterocycles. The van der Waals surface area contributed by atoms with Crippen LogP contribution in [-0.2, 0) is 23.9 Å². The van der Waals surface area contributed by atoms with E-state index in [9.17, 15) is 19.2 Å². The standard InChI is InChI=1S/2C4H6O2.C3H7NO2.C3H6O2/c2*1-3(2)4(5)6;1-2-6-3(4)5;1-2-5-3-4/h2*1H2,2H3,(H,5,6);2H2,1H3,(H2,4,5);3H,2H2,1H3. The molecule has 0 aromatic carbocycles. The highest BCUT2D eigenvalue weighted by molar-refractivity contribution is 5.85. The maximum atomic E-state index is 9.60. The molecule has 0 unspecified atom stereocenters. The van der Waals surface area contributed by atoms with Crippen molar-refractivity contribution in [3.63, 3.8) is 0 Å². The van der Waals surface area contributed by atoms with Crippen molar-refractivity contribution < 1.29 is 38.9 Å². The van der Waals surface area contributed by atoms with Gasteiger partial charge in [0.2, 0.25) is 0 Å². The SMILES string of the molecule is C=C(C)C(=O)O.C=C(C)C(=O)O.CCOC(N)=O.CCOC=O. The Balaban J connectivity index is -0.000000105. The molecule has 0 saturated heterocycles. The summed E-state index contributed by atoms with van der Waals surface area (Å²) < 4.78 is 8.33. The van der Waals surface area contributed by atoms with Crippen LogP contribution in [0.1, 0.15) is 27.7 Å². The number of nitrogens with two attached hydrogens (primary N) is 1. The van der Waals surface area contributed by atoms with Crippen LogP contribution in [0.5, 0.6) is 0 Å². The van der Waals surface area contributed by atoms with Crippen LogP contribution in [-0.4, -0.2) is 47.9 Å². The summed E-state index contributed by atoms with van der Waals surface area (Å²) in [5, 5.41) is 15.8. The molecule has 0 aliphatic carbocycles. The van der Waals surface area contributed by atoms with Crippen LogP contribution in [0.3, 0.4) is 0 Å². The van der Waals surface area contributed by atoms with E-state index >= 15 is 0 Å². The Morgan fingerprint density at radius 3 is 1.30 bits per heavy atom. The van der Waals surface area contributed by atoms with Crippen molar-refractivity contribution in [3.8, 4) is 0 Å². The molecule has 0 fully saturated rings. The summed E-state index contributed by atoms with van der Waals surface area (Å²) in [6.45, 7) is 13.9. The summed E-state index contributed by atoms with van der Waals surface area (Å²) in [5.74, 6) is -1.87. The molecule has 23 heavy (non-hydrogen) atoms. The number of aliphatic carboxylic acids is 2. The molecule has 0 bridgehead atoms. The van der Waals surface area contributed by atoms with Crippen molar-refractivity contribution in [2.24, 2.45) is 5.73 Å². The molecule has 0 aliphatic rings. The number of hydrogen-bond donors (Lipinski definition) is 3. The van der Waals surface area contributed by atoms with Gasteiger partial charge in [-0.15, -0.1) is 0 Å². The van der Waals surface area contributed by atoms with Gasteiger partial charge in [0.05, 0.1) is 13.2 Å². The predicted molar refractivity (Wildman–Crippen MR) is 83.8 cm³/mol. The maximum absolute atomic E-state index is 9.60. The van der Waals surface area contributed by atoms with E-state index in [1.165, 1.54) is 13.8 Å². The van der Waals surface area contributed by atoms with E-state index in [0.29, 0.717) is 19.7 Å². The van der Waals surface area contributed by atoms with E-state index in [4.69, 9.17) is 10.2 Å². The minimum absolute atomic E-state index is 0.176. The van der Waals surface area contributed by atoms with Gasteiger partial charge in [-0.25, -0.2) is 14.4 Å². The molecule has 0 heterocycles. The molecular weight excluding hydrogens is 310 g/mol. The highest BCUT2D eigenvalue weighted by Crippen LogP contribution is 1.81. The summed E-state index contributed by atoms with van der Waals surface area (Å²) in [5.41, 5.74) is 4.89. The quantitative estimate of drug-likeness (QED) is 0.505. The van der Waals surface area contributed by atoms with E-state index in [1.54, 1.807) is 13.8 Å². The largest absolute Gasteiger partial charge is 0.478 e. The summed E-state index contributed by atoms with van der Waals surface area (Å²) in [4.78, 5) is 38.0. The summed E-state index contributed by atoms with van der Waals surface area (Å²) in [6, 6.07) is 0. The third-order valence-corrected chi connectivity index (χ3v) is 1.25. The third kappa shape index (κ3) is 54.7. The number of hydrogen-bond acceptors (Lipinski definition) is 6. The summed E-state index contributed by atoms with van der Waals surface area (Å²) in [6.07, 6.45) is -0.711. The van der Waals surface area contributed by atoms with Gasteiger partial charge in [0, 0.05) is 11.1 Å². The summed E-state index contributed by atoms with van der Waals surface area (Å²) in [7, 11) is 0. The van der Waals surface area contributed by atoms with Crippen molar-refractivity contribution in [2.75, 3.05) is 13.2 Å². The molecule has 0 spiro atoms. The fraction of sp³-hybridized carbons (Fsp3) is 0.429. The fourth-order valence-electron chi connectivity index (χ4n) is 0.210. The smallest absolute Gasteiger partial charge is 0.404 e. The van der Waals surface area contributed by atoms with Crippen LogP contribution < -0.4 is 5.73 Å². The minimum Gasteiger partial charge on any atom is -0.478 e. The van der Waals surface area contributed by atoms with Crippen molar-refractivity contribution in [2.45, 2.75) is 27.7 Å². The minimum atomic E-state index is -0.935. The first-order valence-electron chi connectivity index (χ1n) is 6.22. The lowest BCUT2D eigenvalue weighted by Gasteiger charge is -1.89. The first-order chi connectivity index (χ1) is 10.5. The molecule has 0 aromatic rings. The number of carbonyl (C=O) groups is 4. The van der Waals surface area contributed by atoms with E-state index in [2.05, 4.69) is 28.4 Å². The first kappa shape index (κ1) is 28.3. The molecule has 0 atom stereocenters. The molecule has 9 heteroatoms. The van der Waals surface area contributed by atoms with Crippen LogP contribution in [0.2, 0.25) is 0 Å². The van der Waals surface area contributed by atoms with Crippen LogP contribution in [0, 0.1) is 0 Å². The van der Waals surface area contributed by atoms with Gasteiger partial charge in [0.25, 0.3) is 6.47 Å². The first-order valence-corrected chi connectivity index (χ1v) is 6.22. The Bertz CT molecular complexity index is 342. The van der Waals surface area contributed by atoms with Crippen LogP contribution >= 0.6 is 0 Å². The van der Waals surface area contributed by atoms with Crippen molar-refractivity contribution in [1.29, 1.82) is 0 Å². The van der Waals surface area contributed by atoms with Crippen LogP contribution in [0.25, 0.3) is 0 Å². The normalized spacial score (nSPS) is 7.30. The Morgan fingerprint density at radius 2 is 1.30 bits per heavy atom. The molecule has 1 amide bonds. The van der Waals surface area contributed by atoms with Crippen LogP contribution in [0.4, 0.5) is 4.79 Å². The zero-order chi connectivity index (χ0) is 19.4. The van der Waals surface area contributed by atoms with Gasteiger partial charge in [0.1, 0.15) is 0 Å². The lowest BCUT2D eigenvalue weighted by Crippen LogP contribution is -2.11. The molecule has 0 rings (SSSR count). The van der Waals surface area contributed by atoms with E-state index in [-0.39, 0.29) is 11.1 Å².